The highest BCUT2D eigenvalue weighted by molar-refractivity contribution is 9.10. The van der Waals surface area contributed by atoms with E-state index in [2.05, 4.69) is 15.9 Å². The predicted molar refractivity (Wildman–Crippen MR) is 61.7 cm³/mol. The van der Waals surface area contributed by atoms with Crippen molar-refractivity contribution in [3.8, 4) is 11.5 Å². The molecule has 0 spiro atoms. The zero-order valence-electron chi connectivity index (χ0n) is 8.61. The summed E-state index contributed by atoms with van der Waals surface area (Å²) in [7, 11) is 1.43. The van der Waals surface area contributed by atoms with E-state index in [-0.39, 0.29) is 12.2 Å². The van der Waals surface area contributed by atoms with Gasteiger partial charge in [0.15, 0.2) is 11.5 Å². The van der Waals surface area contributed by atoms with Gasteiger partial charge in [0.1, 0.15) is 6.04 Å². The molecule has 6 heteroatoms. The molecule has 0 bridgehead atoms. The molecule has 1 aromatic carbocycles. The Kier molecular flexibility index (Phi) is 4.14. The molecule has 4 N–H and O–H groups in total. The maximum atomic E-state index is 10.6. The number of carboxylic acid groups (broad SMARTS) is 1. The van der Waals surface area contributed by atoms with Gasteiger partial charge in [-0.3, -0.25) is 4.79 Å². The molecule has 16 heavy (non-hydrogen) atoms. The fraction of sp³-hybridized carbons (Fsp3) is 0.300. The summed E-state index contributed by atoms with van der Waals surface area (Å²) in [5, 5.41) is 18.2. The third kappa shape index (κ3) is 2.86. The number of phenols is 1. The molecule has 0 radical (unpaired) electrons. The van der Waals surface area contributed by atoms with Crippen LogP contribution in [-0.2, 0) is 11.2 Å². The number of phenolic OH excluding ortho intramolecular Hbond substituents is 1. The fourth-order valence-corrected chi connectivity index (χ4v) is 1.95. The number of hydrogen-bond acceptors (Lipinski definition) is 4. The minimum absolute atomic E-state index is 0.0514. The predicted octanol–water partition coefficient (Wildman–Crippen LogP) is 1.12. The number of ether oxygens (including phenoxy) is 1. The molecule has 0 saturated carbocycles. The lowest BCUT2D eigenvalue weighted by Crippen LogP contribution is -2.32. The van der Waals surface area contributed by atoms with Crippen molar-refractivity contribution in [3.63, 3.8) is 0 Å². The molecule has 1 atom stereocenters. The minimum atomic E-state index is -1.08. The Bertz CT molecular complexity index is 385. The first-order valence-electron chi connectivity index (χ1n) is 4.49. The summed E-state index contributed by atoms with van der Waals surface area (Å²) in [6, 6.07) is 2.12. The van der Waals surface area contributed by atoms with Gasteiger partial charge in [-0.25, -0.2) is 0 Å². The monoisotopic (exact) mass is 289 g/mol. The summed E-state index contributed by atoms with van der Waals surface area (Å²) >= 11 is 3.21. The molecule has 0 fully saturated rings. The van der Waals surface area contributed by atoms with E-state index in [0.29, 0.717) is 15.8 Å². The number of carbonyl (C=O) groups is 1. The van der Waals surface area contributed by atoms with Gasteiger partial charge in [0, 0.05) is 0 Å². The van der Waals surface area contributed by atoms with E-state index in [4.69, 9.17) is 15.6 Å². The van der Waals surface area contributed by atoms with Crippen LogP contribution in [-0.4, -0.2) is 29.3 Å². The van der Waals surface area contributed by atoms with Crippen molar-refractivity contribution < 1.29 is 19.7 Å². The molecule has 0 amide bonds. The maximum Gasteiger partial charge on any atom is 0.320 e. The van der Waals surface area contributed by atoms with Crippen LogP contribution in [0.1, 0.15) is 5.56 Å². The summed E-state index contributed by atoms with van der Waals surface area (Å²) in [6.45, 7) is 0. The topological polar surface area (TPSA) is 92.8 Å². The number of aromatic hydroxyl groups is 1. The molecule has 0 heterocycles. The van der Waals surface area contributed by atoms with Gasteiger partial charge in [0.25, 0.3) is 0 Å². The molecule has 0 saturated heterocycles. The van der Waals surface area contributed by atoms with Crippen LogP contribution in [0.5, 0.6) is 11.5 Å². The normalized spacial score (nSPS) is 12.2. The quantitative estimate of drug-likeness (QED) is 0.772. The van der Waals surface area contributed by atoms with Gasteiger partial charge in [0.2, 0.25) is 0 Å². The second kappa shape index (κ2) is 5.18. The van der Waals surface area contributed by atoms with E-state index in [1.54, 1.807) is 6.07 Å². The van der Waals surface area contributed by atoms with Crippen LogP contribution < -0.4 is 10.5 Å². The van der Waals surface area contributed by atoms with Crippen LogP contribution in [0, 0.1) is 0 Å². The number of halogens is 1. The van der Waals surface area contributed by atoms with Crippen molar-refractivity contribution in [2.24, 2.45) is 5.73 Å². The molecule has 1 unspecified atom stereocenters. The largest absolute Gasteiger partial charge is 0.504 e. The van der Waals surface area contributed by atoms with Crippen molar-refractivity contribution >= 4 is 21.9 Å². The summed E-state index contributed by atoms with van der Waals surface area (Å²) < 4.78 is 5.50. The minimum Gasteiger partial charge on any atom is -0.504 e. The van der Waals surface area contributed by atoms with Crippen molar-refractivity contribution in [2.45, 2.75) is 12.5 Å². The first-order valence-corrected chi connectivity index (χ1v) is 5.28. The van der Waals surface area contributed by atoms with E-state index in [1.165, 1.54) is 13.2 Å². The number of benzene rings is 1. The second-order valence-electron chi connectivity index (χ2n) is 3.28. The van der Waals surface area contributed by atoms with E-state index < -0.39 is 12.0 Å². The fourth-order valence-electron chi connectivity index (χ4n) is 1.29. The summed E-state index contributed by atoms with van der Waals surface area (Å²) in [5.41, 5.74) is 6.02. The highest BCUT2D eigenvalue weighted by Gasteiger charge is 2.15. The van der Waals surface area contributed by atoms with Crippen LogP contribution in [0.2, 0.25) is 0 Å². The van der Waals surface area contributed by atoms with Crippen molar-refractivity contribution in [1.82, 2.24) is 0 Å². The van der Waals surface area contributed by atoms with Gasteiger partial charge >= 0.3 is 5.97 Å². The molecule has 0 aliphatic heterocycles. The molecular formula is C10H12BrNO4. The average molecular weight is 290 g/mol. The van der Waals surface area contributed by atoms with Crippen molar-refractivity contribution in [3.05, 3.63) is 22.2 Å². The Balaban J connectivity index is 2.96. The van der Waals surface area contributed by atoms with Crippen LogP contribution in [0.25, 0.3) is 0 Å². The van der Waals surface area contributed by atoms with Gasteiger partial charge in [-0.2, -0.15) is 0 Å². The Morgan fingerprint density at radius 3 is 2.69 bits per heavy atom. The van der Waals surface area contributed by atoms with Crippen LogP contribution in [0.15, 0.2) is 16.6 Å². The van der Waals surface area contributed by atoms with Crippen LogP contribution in [0.4, 0.5) is 0 Å². The Hall–Kier alpha value is -1.27. The Labute approximate surface area is 101 Å². The number of nitrogens with two attached hydrogens (primary N) is 1. The molecule has 88 valence electrons. The first kappa shape index (κ1) is 12.8. The van der Waals surface area contributed by atoms with E-state index in [0.717, 1.165) is 0 Å². The molecular weight excluding hydrogens is 278 g/mol. The first-order chi connectivity index (χ1) is 7.45. The third-order valence-corrected chi connectivity index (χ3v) is 2.65. The lowest BCUT2D eigenvalue weighted by atomic mass is 10.1. The molecule has 0 aromatic heterocycles. The molecule has 0 aliphatic rings. The Morgan fingerprint density at radius 2 is 2.25 bits per heavy atom. The van der Waals surface area contributed by atoms with Gasteiger partial charge in [0.05, 0.1) is 11.6 Å². The third-order valence-electron chi connectivity index (χ3n) is 2.06. The molecule has 5 nitrogen and oxygen atoms in total. The van der Waals surface area contributed by atoms with Gasteiger partial charge in [-0.15, -0.1) is 0 Å². The summed E-state index contributed by atoms with van der Waals surface area (Å²) in [6.07, 6.45) is 0.144. The second-order valence-corrected chi connectivity index (χ2v) is 4.13. The summed E-state index contributed by atoms with van der Waals surface area (Å²) in [4.78, 5) is 10.6. The zero-order valence-corrected chi connectivity index (χ0v) is 10.2. The van der Waals surface area contributed by atoms with Gasteiger partial charge < -0.3 is 20.7 Å². The van der Waals surface area contributed by atoms with Crippen LogP contribution in [0.3, 0.4) is 0 Å². The van der Waals surface area contributed by atoms with E-state index in [1.807, 2.05) is 0 Å². The van der Waals surface area contributed by atoms with Gasteiger partial charge in [-0.05, 0) is 40.0 Å². The highest BCUT2D eigenvalue weighted by atomic mass is 79.9. The van der Waals surface area contributed by atoms with E-state index >= 15 is 0 Å². The van der Waals surface area contributed by atoms with Crippen LogP contribution >= 0.6 is 15.9 Å². The van der Waals surface area contributed by atoms with Crippen molar-refractivity contribution in [2.75, 3.05) is 7.11 Å². The van der Waals surface area contributed by atoms with Crippen molar-refractivity contribution in [1.29, 1.82) is 0 Å². The number of aliphatic carboxylic acids is 1. The van der Waals surface area contributed by atoms with E-state index in [9.17, 15) is 9.90 Å². The molecule has 1 aromatic rings. The SMILES string of the molecule is COc1c(O)cc(CC(N)C(=O)O)cc1Br. The number of rotatable bonds is 4. The van der Waals surface area contributed by atoms with Gasteiger partial charge in [-0.1, -0.05) is 0 Å². The maximum absolute atomic E-state index is 10.6. The Morgan fingerprint density at radius 1 is 1.62 bits per heavy atom. The molecule has 0 aliphatic carbocycles. The highest BCUT2D eigenvalue weighted by Crippen LogP contribution is 2.35. The number of hydrogen-bond donors (Lipinski definition) is 3. The lowest BCUT2D eigenvalue weighted by Gasteiger charge is -2.10. The summed E-state index contributed by atoms with van der Waals surface area (Å²) in [5.74, 6) is -0.816. The average Bonchev–Trinajstić information content (AvgIpc) is 2.16. The standard InChI is InChI=1S/C10H12BrNO4/c1-16-9-6(11)2-5(4-8(9)13)3-7(12)10(14)15/h2,4,7,13H,3,12H2,1H3,(H,14,15). The zero-order chi connectivity index (χ0) is 12.3. The number of carboxylic acids is 1. The molecule has 1 rings (SSSR count). The lowest BCUT2D eigenvalue weighted by molar-refractivity contribution is -0.138. The smallest absolute Gasteiger partial charge is 0.320 e. The number of methoxy groups -OCH3 is 1.